The molecule has 3 heteroatoms. The van der Waals surface area contributed by atoms with Crippen molar-refractivity contribution >= 4 is 12.2 Å². The lowest BCUT2D eigenvalue weighted by atomic mass is 9.66. The van der Waals surface area contributed by atoms with E-state index in [1.807, 2.05) is 30.3 Å². The molecule has 2 aliphatic carbocycles. The number of nitriles is 1. The van der Waals surface area contributed by atoms with E-state index in [-0.39, 0.29) is 0 Å². The molecule has 0 N–H and O–H groups in total. The Morgan fingerprint density at radius 3 is 1.65 bits per heavy atom. The Bertz CT molecular complexity index is 2410. The largest absolute Gasteiger partial charge is 0.228 e. The van der Waals surface area contributed by atoms with E-state index in [1.165, 1.54) is 50.1 Å². The highest BCUT2D eigenvalue weighted by Crippen LogP contribution is 2.58. The fourth-order valence-electron chi connectivity index (χ4n) is 7.60. The predicted molar refractivity (Wildman–Crippen MR) is 194 cm³/mol. The van der Waals surface area contributed by atoms with Gasteiger partial charge >= 0.3 is 0 Å². The van der Waals surface area contributed by atoms with E-state index in [0.29, 0.717) is 11.4 Å². The van der Waals surface area contributed by atoms with Crippen LogP contribution in [0.3, 0.4) is 0 Å². The van der Waals surface area contributed by atoms with Crippen molar-refractivity contribution in [2.45, 2.75) is 12.3 Å². The minimum Gasteiger partial charge on any atom is -0.228 e. The molecule has 3 nitrogen and oxygen atoms in total. The first-order valence-electron chi connectivity index (χ1n) is 16.2. The first-order chi connectivity index (χ1) is 23.6. The summed E-state index contributed by atoms with van der Waals surface area (Å²) >= 11 is 0. The van der Waals surface area contributed by atoms with Gasteiger partial charge in [-0.05, 0) is 75.7 Å². The van der Waals surface area contributed by atoms with Gasteiger partial charge in [0.25, 0.3) is 0 Å². The minimum absolute atomic E-state index is 0.525. The summed E-state index contributed by atoms with van der Waals surface area (Å²) in [6, 6.07) is 53.5. The van der Waals surface area contributed by atoms with Crippen molar-refractivity contribution in [3.8, 4) is 51.1 Å². The van der Waals surface area contributed by atoms with Crippen molar-refractivity contribution in [3.05, 3.63) is 190 Å². The second-order valence-electron chi connectivity index (χ2n) is 12.6. The van der Waals surface area contributed by atoms with Gasteiger partial charge in [-0.2, -0.15) is 5.26 Å². The molecular weight excluding hydrogens is 583 g/mol. The number of aromatic nitrogens is 2. The summed E-state index contributed by atoms with van der Waals surface area (Å²) in [4.78, 5) is 10.4. The average molecular weight is 612 g/mol. The Morgan fingerprint density at radius 2 is 1.02 bits per heavy atom. The monoisotopic (exact) mass is 611 g/mol. The molecule has 0 aliphatic heterocycles. The van der Waals surface area contributed by atoms with E-state index in [1.54, 1.807) is 0 Å². The second kappa shape index (κ2) is 10.9. The molecule has 2 aliphatic rings. The first kappa shape index (κ1) is 27.9. The van der Waals surface area contributed by atoms with Crippen LogP contribution in [0.5, 0.6) is 0 Å². The molecule has 0 atom stereocenters. The normalized spacial score (nSPS) is 13.2. The lowest BCUT2D eigenvalue weighted by Crippen LogP contribution is -2.30. The number of fused-ring (bicyclic) bond motifs is 9. The van der Waals surface area contributed by atoms with E-state index in [0.717, 1.165) is 28.1 Å². The van der Waals surface area contributed by atoms with Crippen LogP contribution in [0.15, 0.2) is 146 Å². The van der Waals surface area contributed by atoms with Gasteiger partial charge in [0.2, 0.25) is 0 Å². The quantitative estimate of drug-likeness (QED) is 0.200. The molecule has 0 amide bonds. The maximum absolute atomic E-state index is 9.41. The van der Waals surface area contributed by atoms with Gasteiger partial charge in [-0.25, -0.2) is 9.97 Å². The lowest BCUT2D eigenvalue weighted by molar-refractivity contribution is 0.766. The maximum Gasteiger partial charge on any atom is 0.160 e. The standard InChI is InChI=1S/C45H29N3/c1-29-14-18-33(19-15-29)42-27-43(34-20-16-30(28-46)17-21-34)48-44(47-42)35-24-25-37-36-10-4-7-13-40(36)45(41(37)26-35)38-11-5-2-8-31(38)22-23-32-9-3-6-12-39(32)45/h2-27H,1H3. The number of nitrogens with zero attached hydrogens (tertiary/aromatic N) is 3. The van der Waals surface area contributed by atoms with Crippen LogP contribution in [0.1, 0.15) is 44.5 Å². The molecule has 0 saturated carbocycles. The third-order valence-corrected chi connectivity index (χ3v) is 9.86. The molecule has 9 rings (SSSR count). The van der Waals surface area contributed by atoms with Crippen LogP contribution in [0, 0.1) is 18.3 Å². The van der Waals surface area contributed by atoms with Crippen molar-refractivity contribution in [1.29, 1.82) is 5.26 Å². The molecule has 6 aromatic carbocycles. The second-order valence-corrected chi connectivity index (χ2v) is 12.6. The van der Waals surface area contributed by atoms with Crippen LogP contribution in [-0.4, -0.2) is 9.97 Å². The third kappa shape index (κ3) is 4.20. The fraction of sp³-hybridized carbons (Fsp3) is 0.0444. The van der Waals surface area contributed by atoms with Crippen molar-refractivity contribution in [2.75, 3.05) is 0 Å². The number of hydrogen-bond donors (Lipinski definition) is 0. The third-order valence-electron chi connectivity index (χ3n) is 9.86. The zero-order chi connectivity index (χ0) is 32.2. The van der Waals surface area contributed by atoms with E-state index >= 15 is 0 Å². The smallest absolute Gasteiger partial charge is 0.160 e. The van der Waals surface area contributed by atoms with E-state index in [2.05, 4.69) is 140 Å². The highest BCUT2D eigenvalue weighted by Gasteiger charge is 2.48. The van der Waals surface area contributed by atoms with Crippen molar-refractivity contribution in [1.82, 2.24) is 9.97 Å². The summed E-state index contributed by atoms with van der Waals surface area (Å²) < 4.78 is 0. The highest BCUT2D eigenvalue weighted by molar-refractivity contribution is 5.92. The first-order valence-corrected chi connectivity index (χ1v) is 16.2. The van der Waals surface area contributed by atoms with E-state index < -0.39 is 5.41 Å². The molecule has 1 heterocycles. The zero-order valence-corrected chi connectivity index (χ0v) is 26.4. The highest BCUT2D eigenvalue weighted by atomic mass is 14.9. The number of aryl methyl sites for hydroxylation is 1. The molecule has 1 spiro atoms. The molecule has 0 bridgehead atoms. The number of benzene rings is 6. The zero-order valence-electron chi connectivity index (χ0n) is 26.4. The van der Waals surface area contributed by atoms with Crippen molar-refractivity contribution in [2.24, 2.45) is 0 Å². The summed E-state index contributed by atoms with van der Waals surface area (Å²) in [5.74, 6) is 0.662. The van der Waals surface area contributed by atoms with Crippen LogP contribution < -0.4 is 0 Å². The van der Waals surface area contributed by atoms with Crippen molar-refractivity contribution in [3.63, 3.8) is 0 Å². The van der Waals surface area contributed by atoms with Gasteiger partial charge < -0.3 is 0 Å². The Morgan fingerprint density at radius 1 is 0.500 bits per heavy atom. The van der Waals surface area contributed by atoms with Crippen LogP contribution in [0.25, 0.3) is 57.2 Å². The molecule has 0 unspecified atom stereocenters. The Hall–Kier alpha value is -6.37. The summed E-state index contributed by atoms with van der Waals surface area (Å²) in [6.45, 7) is 2.09. The molecule has 1 aromatic heterocycles. The average Bonchev–Trinajstić information content (AvgIpc) is 3.35. The maximum atomic E-state index is 9.41. The van der Waals surface area contributed by atoms with Crippen molar-refractivity contribution < 1.29 is 0 Å². The minimum atomic E-state index is -0.525. The van der Waals surface area contributed by atoms with Crippen LogP contribution in [0.4, 0.5) is 0 Å². The van der Waals surface area contributed by atoms with Gasteiger partial charge in [0.15, 0.2) is 5.82 Å². The SMILES string of the molecule is Cc1ccc(-c2cc(-c3ccc(C#N)cc3)nc(-c3ccc4c(c3)C3(c5ccccc5C=Cc5ccccc53)c3ccccc3-4)n2)cc1. The van der Waals surface area contributed by atoms with Crippen LogP contribution >= 0.6 is 0 Å². The number of hydrogen-bond acceptors (Lipinski definition) is 3. The Kier molecular flexibility index (Phi) is 6.32. The predicted octanol–water partition coefficient (Wildman–Crippen LogP) is 10.5. The summed E-state index contributed by atoms with van der Waals surface area (Å²) in [5, 5.41) is 9.41. The van der Waals surface area contributed by atoms with Crippen LogP contribution in [-0.2, 0) is 5.41 Å². The van der Waals surface area contributed by atoms with Gasteiger partial charge in [0.05, 0.1) is 28.4 Å². The molecule has 0 fully saturated rings. The summed E-state index contributed by atoms with van der Waals surface area (Å²) in [5.41, 5.74) is 15.8. The topological polar surface area (TPSA) is 49.6 Å². The van der Waals surface area contributed by atoms with Gasteiger partial charge in [-0.15, -0.1) is 0 Å². The lowest BCUT2D eigenvalue weighted by Gasteiger charge is -2.35. The Balaban J connectivity index is 1.32. The van der Waals surface area contributed by atoms with E-state index in [9.17, 15) is 5.26 Å². The van der Waals surface area contributed by atoms with Gasteiger partial charge in [-0.3, -0.25) is 0 Å². The number of rotatable bonds is 3. The summed E-state index contributed by atoms with van der Waals surface area (Å²) in [7, 11) is 0. The molecule has 0 saturated heterocycles. The Labute approximate surface area is 280 Å². The molecule has 48 heavy (non-hydrogen) atoms. The molecule has 0 radical (unpaired) electrons. The molecular formula is C45H29N3. The fourth-order valence-corrected chi connectivity index (χ4v) is 7.60. The molecule has 224 valence electrons. The van der Waals surface area contributed by atoms with Gasteiger partial charge in [0.1, 0.15) is 0 Å². The van der Waals surface area contributed by atoms with Gasteiger partial charge in [-0.1, -0.05) is 139 Å². The molecule has 7 aromatic rings. The van der Waals surface area contributed by atoms with Crippen LogP contribution in [0.2, 0.25) is 0 Å². The van der Waals surface area contributed by atoms with Gasteiger partial charge in [0, 0.05) is 16.7 Å². The summed E-state index contributed by atoms with van der Waals surface area (Å²) in [6.07, 6.45) is 4.51. The van der Waals surface area contributed by atoms with E-state index in [4.69, 9.17) is 9.97 Å².